The molecule has 0 amide bonds. The summed E-state index contributed by atoms with van der Waals surface area (Å²) >= 11 is 0.234. The molecule has 0 fully saturated rings. The molecule has 68 valence electrons. The van der Waals surface area contributed by atoms with Crippen LogP contribution in [0.15, 0.2) is 0 Å². The fourth-order valence-electron chi connectivity index (χ4n) is 0.133. The molecule has 0 nitrogen and oxygen atoms in total. The molecule has 0 saturated carbocycles. The average molecular weight is 290 g/mol. The number of thioether (sulfide) groups is 1. The van der Waals surface area contributed by atoms with Crippen molar-refractivity contribution in [3.63, 3.8) is 0 Å². The van der Waals surface area contributed by atoms with Crippen LogP contribution in [0.1, 0.15) is 13.8 Å². The van der Waals surface area contributed by atoms with E-state index in [2.05, 4.69) is 13.8 Å². The quantitative estimate of drug-likeness (QED) is 0.552. The van der Waals surface area contributed by atoms with Crippen LogP contribution >= 0.6 is 31.1 Å². The SMILES string of the molecule is CC(C)S[CH]=[Ru]([Cl])[Cl].[CH3-].[CH3-]. The molecular formula is C6H14Cl2RuS-2. The summed E-state index contributed by atoms with van der Waals surface area (Å²) in [5.74, 6) is 0. The molecule has 0 aromatic rings. The summed E-state index contributed by atoms with van der Waals surface area (Å²) in [6, 6.07) is 0. The van der Waals surface area contributed by atoms with Crippen molar-refractivity contribution in [1.29, 1.82) is 0 Å². The van der Waals surface area contributed by atoms with E-state index in [1.165, 1.54) is 0 Å². The Balaban J connectivity index is -0.000000245. The maximum Gasteiger partial charge on any atom is -0.358 e. The van der Waals surface area contributed by atoms with Crippen LogP contribution in [-0.4, -0.2) is 9.19 Å². The minimum atomic E-state index is -1.48. The van der Waals surface area contributed by atoms with E-state index in [4.69, 9.17) is 19.4 Å². The van der Waals surface area contributed by atoms with Gasteiger partial charge in [0.1, 0.15) is 0 Å². The van der Waals surface area contributed by atoms with E-state index in [1.807, 2.05) is 3.94 Å². The van der Waals surface area contributed by atoms with Gasteiger partial charge in [-0.3, -0.25) is 0 Å². The first kappa shape index (κ1) is 17.5. The van der Waals surface area contributed by atoms with Gasteiger partial charge >= 0.3 is 67.7 Å². The number of hydrogen-bond acceptors (Lipinski definition) is 1. The third-order valence-corrected chi connectivity index (χ3v) is 5.02. The first-order chi connectivity index (χ1) is 3.63. The summed E-state index contributed by atoms with van der Waals surface area (Å²) in [7, 11) is 11.1. The minimum absolute atomic E-state index is 0. The Kier molecular flexibility index (Phi) is 18.2. The molecule has 0 aromatic heterocycles. The van der Waals surface area contributed by atoms with Crippen LogP contribution in [0.4, 0.5) is 0 Å². The zero-order valence-electron chi connectivity index (χ0n) is 6.67. The topological polar surface area (TPSA) is 0 Å². The van der Waals surface area contributed by atoms with E-state index in [9.17, 15) is 0 Å². The molecule has 0 heterocycles. The smallest absolute Gasteiger partial charge is 0.358 e. The van der Waals surface area contributed by atoms with Crippen LogP contribution in [0.5, 0.6) is 0 Å². The van der Waals surface area contributed by atoms with Gasteiger partial charge in [-0.2, -0.15) is 0 Å². The Morgan fingerprint density at radius 3 is 1.80 bits per heavy atom. The van der Waals surface area contributed by atoms with Crippen LogP contribution < -0.4 is 0 Å². The van der Waals surface area contributed by atoms with Gasteiger partial charge < -0.3 is 14.9 Å². The summed E-state index contributed by atoms with van der Waals surface area (Å²) < 4.78 is 1.96. The van der Waals surface area contributed by atoms with Gasteiger partial charge in [0.15, 0.2) is 0 Å². The van der Waals surface area contributed by atoms with E-state index in [-0.39, 0.29) is 14.9 Å². The largest absolute Gasteiger partial charge is 0.358 e. The average Bonchev–Trinajstić information content (AvgIpc) is 1.61. The van der Waals surface area contributed by atoms with Gasteiger partial charge in [0.25, 0.3) is 0 Å². The Labute approximate surface area is 82.2 Å². The van der Waals surface area contributed by atoms with Crippen molar-refractivity contribution < 1.29 is 13.5 Å². The fourth-order valence-corrected chi connectivity index (χ4v) is 3.64. The number of halogens is 2. The molecular weight excluding hydrogens is 276 g/mol. The van der Waals surface area contributed by atoms with E-state index in [0.29, 0.717) is 5.25 Å². The second-order valence-corrected chi connectivity index (χ2v) is 9.31. The summed E-state index contributed by atoms with van der Waals surface area (Å²) in [5, 5.41) is 0.615. The molecule has 0 bridgehead atoms. The first-order valence-electron chi connectivity index (χ1n) is 2.10. The molecule has 0 aliphatic heterocycles. The Bertz CT molecular complexity index is 89.7. The Hall–Kier alpha value is 1.42. The van der Waals surface area contributed by atoms with Gasteiger partial charge in [0.2, 0.25) is 0 Å². The minimum Gasteiger partial charge on any atom is -0.358 e. The molecule has 4 heteroatoms. The van der Waals surface area contributed by atoms with Crippen molar-refractivity contribution in [3.05, 3.63) is 14.9 Å². The van der Waals surface area contributed by atoms with E-state index < -0.39 is 13.5 Å². The van der Waals surface area contributed by atoms with Gasteiger partial charge in [0.05, 0.1) is 0 Å². The van der Waals surface area contributed by atoms with Crippen molar-refractivity contribution in [2.24, 2.45) is 0 Å². The van der Waals surface area contributed by atoms with Gasteiger partial charge in [-0.15, -0.1) is 0 Å². The summed E-state index contributed by atoms with van der Waals surface area (Å²) in [4.78, 5) is 0. The maximum absolute atomic E-state index is 5.55. The van der Waals surface area contributed by atoms with Crippen LogP contribution in [0.25, 0.3) is 0 Å². The van der Waals surface area contributed by atoms with Crippen molar-refractivity contribution in [3.8, 4) is 0 Å². The van der Waals surface area contributed by atoms with Gasteiger partial charge in [-0.1, -0.05) is 0 Å². The molecule has 0 aliphatic carbocycles. The molecule has 0 unspecified atom stereocenters. The number of rotatable bonds is 2. The molecule has 0 aromatic carbocycles. The second kappa shape index (κ2) is 10.4. The molecule has 0 aliphatic rings. The predicted molar refractivity (Wildman–Crippen MR) is 53.3 cm³/mol. The molecule has 0 spiro atoms. The summed E-state index contributed by atoms with van der Waals surface area (Å²) in [5.41, 5.74) is 0. The van der Waals surface area contributed by atoms with Crippen molar-refractivity contribution in [2.45, 2.75) is 19.1 Å². The van der Waals surface area contributed by atoms with E-state index >= 15 is 0 Å². The van der Waals surface area contributed by atoms with E-state index in [1.54, 1.807) is 11.8 Å². The van der Waals surface area contributed by atoms with Crippen molar-refractivity contribution in [1.82, 2.24) is 0 Å². The van der Waals surface area contributed by atoms with Crippen molar-refractivity contribution in [2.75, 3.05) is 0 Å². The number of hydrogen-bond donors (Lipinski definition) is 0. The molecule has 0 rings (SSSR count). The van der Waals surface area contributed by atoms with Crippen LogP contribution in [-0.2, 0) is 13.5 Å². The predicted octanol–water partition coefficient (Wildman–Crippen LogP) is 3.71. The van der Waals surface area contributed by atoms with Gasteiger partial charge in [-0.05, 0) is 0 Å². The van der Waals surface area contributed by atoms with Crippen LogP contribution in [0.2, 0.25) is 0 Å². The zero-order chi connectivity index (χ0) is 6.57. The standard InChI is InChI=1S/C4H8S.2CH3.2ClH.Ru/c1-4(2)5-3;;;;;/h3-4H,1-2H3;2*1H3;2*1H;/q;2*-1;;;+2/p-2. The fraction of sp³-hybridized carbons (Fsp3) is 0.500. The molecule has 10 heavy (non-hydrogen) atoms. The summed E-state index contributed by atoms with van der Waals surface area (Å²) in [6.45, 7) is 4.24. The Morgan fingerprint density at radius 2 is 1.70 bits per heavy atom. The maximum atomic E-state index is 5.55. The van der Waals surface area contributed by atoms with Crippen molar-refractivity contribution >= 4 is 35.1 Å². The molecule has 0 radical (unpaired) electrons. The monoisotopic (exact) mass is 290 g/mol. The normalized spacial score (nSPS) is 9.50. The first-order valence-corrected chi connectivity index (χ1v) is 8.52. The summed E-state index contributed by atoms with van der Waals surface area (Å²) in [6.07, 6.45) is 0. The third kappa shape index (κ3) is 16.2. The van der Waals surface area contributed by atoms with Gasteiger partial charge in [0, 0.05) is 0 Å². The second-order valence-electron chi connectivity index (χ2n) is 1.47. The van der Waals surface area contributed by atoms with Gasteiger partial charge in [-0.25, -0.2) is 0 Å². The third-order valence-electron chi connectivity index (χ3n) is 0.383. The van der Waals surface area contributed by atoms with Crippen LogP contribution in [0.3, 0.4) is 0 Å². The molecule has 0 N–H and O–H groups in total. The Morgan fingerprint density at radius 1 is 1.30 bits per heavy atom. The van der Waals surface area contributed by atoms with Crippen LogP contribution in [0, 0.1) is 14.9 Å². The molecule has 0 atom stereocenters. The van der Waals surface area contributed by atoms with E-state index in [0.717, 1.165) is 0 Å². The molecule has 0 saturated heterocycles. The zero-order valence-corrected chi connectivity index (χ0v) is 10.7.